The van der Waals surface area contributed by atoms with Gasteiger partial charge in [0, 0.05) is 19.4 Å². The van der Waals surface area contributed by atoms with E-state index in [1.165, 1.54) is 12.1 Å². The van der Waals surface area contributed by atoms with Crippen molar-refractivity contribution in [3.05, 3.63) is 29.8 Å². The lowest BCUT2D eigenvalue weighted by Crippen LogP contribution is -2.41. The average Bonchev–Trinajstić information content (AvgIpc) is 2.78. The Kier molecular flexibility index (Phi) is 14.0. The number of ether oxygens (including phenoxy) is 1. The normalized spacial score (nSPS) is 11.4. The van der Waals surface area contributed by atoms with Gasteiger partial charge >= 0.3 is 11.9 Å². The van der Waals surface area contributed by atoms with Crippen LogP contribution < -0.4 is 15.4 Å². The third-order valence-corrected chi connectivity index (χ3v) is 5.09. The van der Waals surface area contributed by atoms with E-state index in [9.17, 15) is 24.3 Å². The van der Waals surface area contributed by atoms with Gasteiger partial charge in [0.2, 0.25) is 11.8 Å². The maximum Gasteiger partial charge on any atom is 0.335 e. The Morgan fingerprint density at radius 2 is 1.45 bits per heavy atom. The number of aliphatic carboxylic acids is 1. The number of hydrogen-bond donors (Lipinski definition) is 4. The largest absolute Gasteiger partial charge is 0.494 e. The first-order chi connectivity index (χ1) is 15.8. The Hall–Kier alpha value is -3.10. The molecular formula is C24H36N2O7. The van der Waals surface area contributed by atoms with Gasteiger partial charge in [-0.2, -0.15) is 0 Å². The first-order valence-corrected chi connectivity index (χ1v) is 11.6. The molecule has 0 aliphatic heterocycles. The van der Waals surface area contributed by atoms with Gasteiger partial charge in [0.15, 0.2) is 0 Å². The van der Waals surface area contributed by atoms with Crippen LogP contribution in [0, 0.1) is 0 Å². The van der Waals surface area contributed by atoms with E-state index in [2.05, 4.69) is 10.6 Å². The Morgan fingerprint density at radius 3 is 2.03 bits per heavy atom. The number of carboxylic acids is 2. The lowest BCUT2D eigenvalue weighted by atomic mass is 10.1. The molecule has 33 heavy (non-hydrogen) atoms. The minimum atomic E-state index is -1.13. The molecule has 184 valence electrons. The SMILES string of the molecule is CCNC(=O)CC[C@H](NC(=O)CCCCCCCCCOc1ccc(C(=O)O)cc1)C(=O)O. The number of unbranched alkanes of at least 4 members (excludes halogenated alkanes) is 6. The molecule has 1 aromatic rings. The fourth-order valence-electron chi connectivity index (χ4n) is 3.24. The molecule has 1 rings (SSSR count). The average molecular weight is 465 g/mol. The molecule has 2 amide bonds. The van der Waals surface area contributed by atoms with Crippen molar-refractivity contribution in [2.24, 2.45) is 0 Å². The van der Waals surface area contributed by atoms with Gasteiger partial charge in [0.05, 0.1) is 12.2 Å². The van der Waals surface area contributed by atoms with E-state index in [1.54, 1.807) is 19.1 Å². The Labute approximate surface area is 194 Å². The molecule has 0 fully saturated rings. The fourth-order valence-corrected chi connectivity index (χ4v) is 3.24. The molecular weight excluding hydrogens is 428 g/mol. The Bertz CT molecular complexity index is 750. The standard InChI is InChI=1S/C24H36N2O7/c1-2-25-21(27)16-15-20(24(31)32)26-22(28)10-8-6-4-3-5-7-9-17-33-19-13-11-18(12-14-19)23(29)30/h11-14,20H,2-10,15-17H2,1H3,(H,25,27)(H,26,28)(H,29,30)(H,31,32)/t20-/m0/s1. The summed E-state index contributed by atoms with van der Waals surface area (Å²) in [5.74, 6) is -1.95. The summed E-state index contributed by atoms with van der Waals surface area (Å²) in [5, 5.41) is 23.2. The molecule has 1 atom stereocenters. The molecule has 0 aromatic heterocycles. The lowest BCUT2D eigenvalue weighted by molar-refractivity contribution is -0.142. The molecule has 0 saturated heterocycles. The van der Waals surface area contributed by atoms with Crippen LogP contribution in [0.4, 0.5) is 0 Å². The van der Waals surface area contributed by atoms with Crippen LogP contribution >= 0.6 is 0 Å². The molecule has 0 saturated carbocycles. The van der Waals surface area contributed by atoms with Gasteiger partial charge in [0.1, 0.15) is 11.8 Å². The minimum Gasteiger partial charge on any atom is -0.494 e. The van der Waals surface area contributed by atoms with Crippen molar-refractivity contribution >= 4 is 23.8 Å². The maximum atomic E-state index is 12.0. The number of carbonyl (C=O) groups excluding carboxylic acids is 2. The molecule has 0 bridgehead atoms. The molecule has 0 aliphatic carbocycles. The molecule has 9 nitrogen and oxygen atoms in total. The predicted molar refractivity (Wildman–Crippen MR) is 123 cm³/mol. The van der Waals surface area contributed by atoms with Crippen molar-refractivity contribution in [3.8, 4) is 5.75 Å². The van der Waals surface area contributed by atoms with Gasteiger partial charge in [-0.25, -0.2) is 9.59 Å². The van der Waals surface area contributed by atoms with Gasteiger partial charge in [-0.05, 0) is 50.5 Å². The van der Waals surface area contributed by atoms with E-state index in [4.69, 9.17) is 9.84 Å². The van der Waals surface area contributed by atoms with Gasteiger partial charge < -0.3 is 25.6 Å². The van der Waals surface area contributed by atoms with Crippen molar-refractivity contribution in [3.63, 3.8) is 0 Å². The molecule has 0 heterocycles. The zero-order valence-electron chi connectivity index (χ0n) is 19.3. The summed E-state index contributed by atoms with van der Waals surface area (Å²) in [5.41, 5.74) is 0.234. The van der Waals surface area contributed by atoms with E-state index >= 15 is 0 Å². The molecule has 0 aliphatic rings. The molecule has 0 spiro atoms. The highest BCUT2D eigenvalue weighted by Crippen LogP contribution is 2.14. The summed E-state index contributed by atoms with van der Waals surface area (Å²) < 4.78 is 5.60. The fraction of sp³-hybridized carbons (Fsp3) is 0.583. The Balaban J connectivity index is 2.04. The van der Waals surface area contributed by atoms with Crippen molar-refractivity contribution in [2.75, 3.05) is 13.2 Å². The van der Waals surface area contributed by atoms with Crippen molar-refractivity contribution in [2.45, 2.75) is 77.2 Å². The number of rotatable bonds is 18. The second-order valence-electron chi connectivity index (χ2n) is 7.85. The second kappa shape index (κ2) is 16.5. The highest BCUT2D eigenvalue weighted by Gasteiger charge is 2.20. The molecule has 4 N–H and O–H groups in total. The van der Waals surface area contributed by atoms with E-state index in [0.29, 0.717) is 25.3 Å². The van der Waals surface area contributed by atoms with Gasteiger partial charge in [0.25, 0.3) is 0 Å². The van der Waals surface area contributed by atoms with E-state index in [1.807, 2.05) is 0 Å². The van der Waals surface area contributed by atoms with Crippen molar-refractivity contribution in [1.82, 2.24) is 10.6 Å². The number of aromatic carboxylic acids is 1. The number of hydrogen-bond acceptors (Lipinski definition) is 5. The van der Waals surface area contributed by atoms with Gasteiger partial charge in [-0.15, -0.1) is 0 Å². The van der Waals surface area contributed by atoms with E-state index in [0.717, 1.165) is 38.5 Å². The molecule has 0 radical (unpaired) electrons. The highest BCUT2D eigenvalue weighted by atomic mass is 16.5. The summed E-state index contributed by atoms with van der Waals surface area (Å²) in [6.07, 6.45) is 7.07. The van der Waals surface area contributed by atoms with Gasteiger partial charge in [-0.3, -0.25) is 9.59 Å². The zero-order chi connectivity index (χ0) is 24.5. The first kappa shape index (κ1) is 27.9. The smallest absolute Gasteiger partial charge is 0.335 e. The Morgan fingerprint density at radius 1 is 0.848 bits per heavy atom. The van der Waals surface area contributed by atoms with E-state index in [-0.39, 0.29) is 36.6 Å². The third-order valence-electron chi connectivity index (χ3n) is 5.09. The van der Waals surface area contributed by atoms with Gasteiger partial charge in [-0.1, -0.05) is 32.1 Å². The quantitative estimate of drug-likeness (QED) is 0.244. The lowest BCUT2D eigenvalue weighted by Gasteiger charge is -2.14. The summed E-state index contributed by atoms with van der Waals surface area (Å²) in [4.78, 5) is 45.5. The molecule has 1 aromatic carbocycles. The second-order valence-corrected chi connectivity index (χ2v) is 7.85. The topological polar surface area (TPSA) is 142 Å². The van der Waals surface area contributed by atoms with Crippen molar-refractivity contribution < 1.29 is 34.1 Å². The molecule has 9 heteroatoms. The summed E-state index contributed by atoms with van der Waals surface area (Å²) in [6, 6.07) is 5.30. The number of nitrogens with one attached hydrogen (secondary N) is 2. The number of carbonyl (C=O) groups is 4. The summed E-state index contributed by atoms with van der Waals surface area (Å²) >= 11 is 0. The maximum absolute atomic E-state index is 12.0. The van der Waals surface area contributed by atoms with Crippen LogP contribution in [0.5, 0.6) is 5.75 Å². The zero-order valence-corrected chi connectivity index (χ0v) is 19.3. The van der Waals surface area contributed by atoms with Crippen LogP contribution in [-0.2, 0) is 14.4 Å². The minimum absolute atomic E-state index is 0.0626. The predicted octanol–water partition coefficient (Wildman–Crippen LogP) is 3.37. The van der Waals surface area contributed by atoms with Crippen LogP contribution in [0.3, 0.4) is 0 Å². The third kappa shape index (κ3) is 13.1. The summed E-state index contributed by atoms with van der Waals surface area (Å²) in [6.45, 7) is 2.86. The number of amides is 2. The molecule has 0 unspecified atom stereocenters. The van der Waals surface area contributed by atoms with E-state index < -0.39 is 18.0 Å². The highest BCUT2D eigenvalue weighted by molar-refractivity contribution is 5.87. The first-order valence-electron chi connectivity index (χ1n) is 11.6. The van der Waals surface area contributed by atoms with Crippen LogP contribution in [0.1, 0.15) is 81.5 Å². The van der Waals surface area contributed by atoms with Crippen molar-refractivity contribution in [1.29, 1.82) is 0 Å². The number of benzene rings is 1. The summed E-state index contributed by atoms with van der Waals surface area (Å²) in [7, 11) is 0. The number of carboxylic acid groups (broad SMARTS) is 2. The van der Waals surface area contributed by atoms with Crippen LogP contribution in [0.15, 0.2) is 24.3 Å². The van der Waals surface area contributed by atoms with Crippen LogP contribution in [0.2, 0.25) is 0 Å². The monoisotopic (exact) mass is 464 g/mol. The van der Waals surface area contributed by atoms with Crippen LogP contribution in [0.25, 0.3) is 0 Å². The van der Waals surface area contributed by atoms with Crippen LogP contribution in [-0.4, -0.2) is 53.2 Å².